The number of carbonyl (C=O) groups excluding carboxylic acids is 2. The van der Waals surface area contributed by atoms with Gasteiger partial charge in [-0.3, -0.25) is 9.59 Å². The fourth-order valence-corrected chi connectivity index (χ4v) is 2.75. The highest BCUT2D eigenvalue weighted by molar-refractivity contribution is 5.85. The monoisotopic (exact) mass is 289 g/mol. The average Bonchev–Trinajstić information content (AvgIpc) is 2.90. The van der Waals surface area contributed by atoms with Gasteiger partial charge in [-0.2, -0.15) is 0 Å². The Bertz CT molecular complexity index is 300. The summed E-state index contributed by atoms with van der Waals surface area (Å²) in [7, 11) is 0. The van der Waals surface area contributed by atoms with Crippen LogP contribution >= 0.6 is 12.4 Å². The zero-order chi connectivity index (χ0) is 12.8. The van der Waals surface area contributed by atoms with Crippen LogP contribution in [0.5, 0.6) is 0 Å². The maximum Gasteiger partial charge on any atom is 0.242 e. The summed E-state index contributed by atoms with van der Waals surface area (Å²) in [6.45, 7) is 3.35. The van der Waals surface area contributed by atoms with Gasteiger partial charge in [-0.15, -0.1) is 12.4 Å². The van der Waals surface area contributed by atoms with Gasteiger partial charge in [0.1, 0.15) is 0 Å². The van der Waals surface area contributed by atoms with Crippen molar-refractivity contribution >= 4 is 24.2 Å². The minimum absolute atomic E-state index is 0. The first-order valence-electron chi connectivity index (χ1n) is 7.01. The quantitative estimate of drug-likeness (QED) is 0.794. The summed E-state index contributed by atoms with van der Waals surface area (Å²) < 4.78 is 0. The van der Waals surface area contributed by atoms with Gasteiger partial charge in [0.15, 0.2) is 0 Å². The number of hydrogen-bond acceptors (Lipinski definition) is 3. The Morgan fingerprint density at radius 3 is 2.42 bits per heavy atom. The first-order chi connectivity index (χ1) is 8.75. The number of rotatable bonds is 4. The van der Waals surface area contributed by atoms with Crippen LogP contribution in [0.25, 0.3) is 0 Å². The summed E-state index contributed by atoms with van der Waals surface area (Å²) in [6.07, 6.45) is 5.42. The number of carbonyl (C=O) groups is 2. The summed E-state index contributed by atoms with van der Waals surface area (Å²) in [5.74, 6) is 0.612. The molecule has 2 rings (SSSR count). The van der Waals surface area contributed by atoms with Crippen LogP contribution in [0.2, 0.25) is 0 Å². The van der Waals surface area contributed by atoms with Gasteiger partial charge in [0.05, 0.1) is 6.54 Å². The van der Waals surface area contributed by atoms with E-state index in [1.54, 1.807) is 0 Å². The third-order valence-electron chi connectivity index (χ3n) is 3.86. The molecular weight excluding hydrogens is 266 g/mol. The van der Waals surface area contributed by atoms with Crippen molar-refractivity contribution < 1.29 is 9.59 Å². The Morgan fingerprint density at radius 2 is 1.79 bits per heavy atom. The molecule has 5 nitrogen and oxygen atoms in total. The van der Waals surface area contributed by atoms with E-state index in [9.17, 15) is 9.59 Å². The zero-order valence-electron chi connectivity index (χ0n) is 11.3. The lowest BCUT2D eigenvalue weighted by Gasteiger charge is -2.27. The van der Waals surface area contributed by atoms with Crippen molar-refractivity contribution in [2.45, 2.75) is 32.1 Å². The number of nitrogens with one attached hydrogen (secondary N) is 2. The average molecular weight is 290 g/mol. The fraction of sp³-hybridized carbons (Fsp3) is 0.846. The van der Waals surface area contributed by atoms with Gasteiger partial charge in [0.2, 0.25) is 11.8 Å². The third kappa shape index (κ3) is 5.37. The summed E-state index contributed by atoms with van der Waals surface area (Å²) in [4.78, 5) is 25.3. The molecule has 0 atom stereocenters. The van der Waals surface area contributed by atoms with E-state index in [0.29, 0.717) is 12.3 Å². The maximum absolute atomic E-state index is 11.8. The van der Waals surface area contributed by atoms with Gasteiger partial charge < -0.3 is 15.5 Å². The Kier molecular flexibility index (Phi) is 7.16. The van der Waals surface area contributed by atoms with Crippen LogP contribution in [-0.2, 0) is 9.59 Å². The predicted octanol–water partition coefficient (Wildman–Crippen LogP) is 0.537. The third-order valence-corrected chi connectivity index (χ3v) is 3.86. The smallest absolute Gasteiger partial charge is 0.242 e. The molecule has 19 heavy (non-hydrogen) atoms. The van der Waals surface area contributed by atoms with Crippen LogP contribution in [0.3, 0.4) is 0 Å². The molecule has 0 spiro atoms. The highest BCUT2D eigenvalue weighted by atomic mass is 35.5. The Labute approximate surface area is 120 Å². The molecule has 110 valence electrons. The normalized spacial score (nSPS) is 19.9. The van der Waals surface area contributed by atoms with Crippen molar-refractivity contribution in [3.8, 4) is 0 Å². The second kappa shape index (κ2) is 8.38. The van der Waals surface area contributed by atoms with Crippen molar-refractivity contribution in [3.05, 3.63) is 0 Å². The summed E-state index contributed by atoms with van der Waals surface area (Å²) in [5, 5.41) is 5.96. The van der Waals surface area contributed by atoms with Crippen molar-refractivity contribution in [2.75, 3.05) is 32.7 Å². The van der Waals surface area contributed by atoms with E-state index in [4.69, 9.17) is 0 Å². The van der Waals surface area contributed by atoms with Crippen molar-refractivity contribution in [1.82, 2.24) is 15.5 Å². The van der Waals surface area contributed by atoms with Gasteiger partial charge in [-0.25, -0.2) is 0 Å². The van der Waals surface area contributed by atoms with Crippen molar-refractivity contribution in [3.63, 3.8) is 0 Å². The molecule has 1 saturated carbocycles. The van der Waals surface area contributed by atoms with E-state index in [0.717, 1.165) is 26.2 Å². The van der Waals surface area contributed by atoms with Gasteiger partial charge in [0, 0.05) is 32.6 Å². The molecule has 1 heterocycles. The van der Waals surface area contributed by atoms with Crippen LogP contribution in [0.4, 0.5) is 0 Å². The lowest BCUT2D eigenvalue weighted by atomic mass is 10.0. The molecule has 1 aliphatic carbocycles. The van der Waals surface area contributed by atoms with Crippen LogP contribution < -0.4 is 10.6 Å². The molecule has 1 saturated heterocycles. The SMILES string of the molecule is Cl.O=C(CC1CCCC1)NCC(=O)N1CCNCC1. The first-order valence-corrected chi connectivity index (χ1v) is 7.01. The molecule has 0 bridgehead atoms. The Hall–Kier alpha value is -0.810. The summed E-state index contributed by atoms with van der Waals surface area (Å²) in [5.41, 5.74) is 0. The molecule has 0 radical (unpaired) electrons. The molecular formula is C13H24ClN3O2. The topological polar surface area (TPSA) is 61.4 Å². The fourth-order valence-electron chi connectivity index (χ4n) is 2.75. The number of nitrogens with zero attached hydrogens (tertiary/aromatic N) is 1. The number of halogens is 1. The molecule has 2 fully saturated rings. The predicted molar refractivity (Wildman–Crippen MR) is 76.3 cm³/mol. The van der Waals surface area contributed by atoms with E-state index in [1.165, 1.54) is 25.7 Å². The second-order valence-corrected chi connectivity index (χ2v) is 5.26. The molecule has 0 unspecified atom stereocenters. The zero-order valence-corrected chi connectivity index (χ0v) is 12.1. The van der Waals surface area contributed by atoms with Crippen LogP contribution in [0.1, 0.15) is 32.1 Å². The van der Waals surface area contributed by atoms with E-state index >= 15 is 0 Å². The van der Waals surface area contributed by atoms with E-state index in [1.807, 2.05) is 4.90 Å². The first kappa shape index (κ1) is 16.2. The molecule has 2 N–H and O–H groups in total. The van der Waals surface area contributed by atoms with Gasteiger partial charge in [0.25, 0.3) is 0 Å². The summed E-state index contributed by atoms with van der Waals surface area (Å²) in [6, 6.07) is 0. The minimum atomic E-state index is 0. The number of amides is 2. The van der Waals surface area contributed by atoms with Crippen molar-refractivity contribution in [2.24, 2.45) is 5.92 Å². The Balaban J connectivity index is 0.00000180. The molecule has 6 heteroatoms. The molecule has 1 aliphatic heterocycles. The molecule has 0 aromatic carbocycles. The lowest BCUT2D eigenvalue weighted by molar-refractivity contribution is -0.133. The second-order valence-electron chi connectivity index (χ2n) is 5.26. The summed E-state index contributed by atoms with van der Waals surface area (Å²) >= 11 is 0. The van der Waals surface area contributed by atoms with Gasteiger partial charge >= 0.3 is 0 Å². The van der Waals surface area contributed by atoms with Crippen LogP contribution in [0.15, 0.2) is 0 Å². The molecule has 2 amide bonds. The Morgan fingerprint density at radius 1 is 1.16 bits per heavy atom. The van der Waals surface area contributed by atoms with E-state index < -0.39 is 0 Å². The standard InChI is InChI=1S/C13H23N3O2.ClH/c17-12(9-11-3-1-2-4-11)15-10-13(18)16-7-5-14-6-8-16;/h11,14H,1-10H2,(H,15,17);1H. The maximum atomic E-state index is 11.8. The number of hydrogen-bond donors (Lipinski definition) is 2. The van der Waals surface area contributed by atoms with E-state index in [-0.39, 0.29) is 30.8 Å². The lowest BCUT2D eigenvalue weighted by Crippen LogP contribution is -2.49. The van der Waals surface area contributed by atoms with Gasteiger partial charge in [-0.1, -0.05) is 12.8 Å². The largest absolute Gasteiger partial charge is 0.347 e. The van der Waals surface area contributed by atoms with E-state index in [2.05, 4.69) is 10.6 Å². The molecule has 2 aliphatic rings. The van der Waals surface area contributed by atoms with Crippen LogP contribution in [0, 0.1) is 5.92 Å². The molecule has 0 aromatic rings. The van der Waals surface area contributed by atoms with Crippen LogP contribution in [-0.4, -0.2) is 49.4 Å². The molecule has 0 aromatic heterocycles. The van der Waals surface area contributed by atoms with Crippen molar-refractivity contribution in [1.29, 1.82) is 0 Å². The van der Waals surface area contributed by atoms with Gasteiger partial charge in [-0.05, 0) is 18.8 Å². The highest BCUT2D eigenvalue weighted by Gasteiger charge is 2.20. The highest BCUT2D eigenvalue weighted by Crippen LogP contribution is 2.27. The minimum Gasteiger partial charge on any atom is -0.347 e. The number of piperazine rings is 1.